The van der Waals surface area contributed by atoms with E-state index in [1.807, 2.05) is 43.2 Å². The van der Waals surface area contributed by atoms with Crippen LogP contribution < -0.4 is 10.2 Å². The highest BCUT2D eigenvalue weighted by Gasteiger charge is 2.23. The third-order valence-electron chi connectivity index (χ3n) is 3.54. The summed E-state index contributed by atoms with van der Waals surface area (Å²) >= 11 is 0. The Morgan fingerprint density at radius 1 is 1.25 bits per heavy atom. The largest absolute Gasteiger partial charge is 0.457 e. The summed E-state index contributed by atoms with van der Waals surface area (Å²) in [7, 11) is 0. The summed E-state index contributed by atoms with van der Waals surface area (Å²) in [6, 6.07) is 13.2. The first-order valence-electron chi connectivity index (χ1n) is 6.67. The van der Waals surface area contributed by atoms with E-state index < -0.39 is 0 Å². The number of fused-ring (bicyclic) bond motifs is 1. The summed E-state index contributed by atoms with van der Waals surface area (Å²) < 4.78 is 11.4. The van der Waals surface area contributed by atoms with Gasteiger partial charge in [0.1, 0.15) is 11.5 Å². The highest BCUT2D eigenvalue weighted by atomic mass is 16.5. The smallest absolute Gasteiger partial charge is 0.324 e. The Kier molecular flexibility index (Phi) is 3.32. The molecule has 0 aromatic heterocycles. The quantitative estimate of drug-likeness (QED) is 0.632. The number of carbonyl (C=O) groups excluding carboxylic acids is 1. The Hall–Kier alpha value is -2.07. The molecule has 0 amide bonds. The van der Waals surface area contributed by atoms with E-state index in [-0.39, 0.29) is 12.7 Å². The summed E-state index contributed by atoms with van der Waals surface area (Å²) in [4.78, 5) is 11.6. The molecule has 1 heterocycles. The van der Waals surface area contributed by atoms with Crippen molar-refractivity contribution in [1.29, 1.82) is 0 Å². The van der Waals surface area contributed by atoms with Gasteiger partial charge in [-0.25, -0.2) is 0 Å². The molecule has 0 saturated carbocycles. The highest BCUT2D eigenvalue weighted by molar-refractivity contribution is 6.67. The van der Waals surface area contributed by atoms with Gasteiger partial charge in [-0.3, -0.25) is 4.79 Å². The molecule has 1 aliphatic heterocycles. The van der Waals surface area contributed by atoms with Gasteiger partial charge in [-0.1, -0.05) is 25.0 Å². The number of ether oxygens (including phenoxy) is 1. The number of hydrogen-bond donors (Lipinski definition) is 0. The van der Waals surface area contributed by atoms with Crippen LogP contribution in [0.4, 0.5) is 0 Å². The second kappa shape index (κ2) is 5.14. The van der Waals surface area contributed by atoms with Crippen molar-refractivity contribution in [2.75, 3.05) is 0 Å². The first kappa shape index (κ1) is 12.9. The van der Waals surface area contributed by atoms with Crippen molar-refractivity contribution in [1.82, 2.24) is 0 Å². The van der Waals surface area contributed by atoms with Gasteiger partial charge in [0.15, 0.2) is 5.78 Å². The van der Waals surface area contributed by atoms with Gasteiger partial charge >= 0.3 is 6.92 Å². The Morgan fingerprint density at radius 2 is 2.05 bits per heavy atom. The maximum atomic E-state index is 11.6. The van der Waals surface area contributed by atoms with Gasteiger partial charge in [-0.15, -0.1) is 0 Å². The van der Waals surface area contributed by atoms with Gasteiger partial charge in [0.05, 0.1) is 12.2 Å². The molecule has 0 bridgehead atoms. The second-order valence-corrected chi connectivity index (χ2v) is 4.97. The van der Waals surface area contributed by atoms with Crippen molar-refractivity contribution in [2.24, 2.45) is 0 Å². The maximum absolute atomic E-state index is 11.6. The molecule has 0 atom stereocenters. The zero-order chi connectivity index (χ0) is 14.1. The fourth-order valence-corrected chi connectivity index (χ4v) is 2.45. The molecule has 0 spiro atoms. The molecule has 100 valence electrons. The van der Waals surface area contributed by atoms with Crippen LogP contribution in [0.3, 0.4) is 0 Å². The molecular weight excluding hydrogens is 251 g/mol. The molecule has 3 nitrogen and oxygen atoms in total. The number of rotatable bonds is 3. The van der Waals surface area contributed by atoms with E-state index in [1.165, 1.54) is 5.46 Å². The van der Waals surface area contributed by atoms with E-state index in [1.54, 1.807) is 13.0 Å². The van der Waals surface area contributed by atoms with Gasteiger partial charge < -0.3 is 9.39 Å². The fraction of sp³-hybridized carbons (Fsp3) is 0.188. The normalized spacial score (nSPS) is 13.2. The van der Waals surface area contributed by atoms with Crippen LogP contribution in [0.2, 0.25) is 6.82 Å². The molecule has 0 N–H and O–H groups in total. The van der Waals surface area contributed by atoms with Crippen LogP contribution in [0.25, 0.3) is 0 Å². The summed E-state index contributed by atoms with van der Waals surface area (Å²) in [6.07, 6.45) is 0. The molecule has 2 aromatic carbocycles. The molecular formula is C16H15BO3. The minimum atomic E-state index is -0.00119. The van der Waals surface area contributed by atoms with Crippen LogP contribution in [0.15, 0.2) is 42.5 Å². The molecule has 0 fully saturated rings. The molecule has 4 heteroatoms. The minimum Gasteiger partial charge on any atom is -0.457 e. The monoisotopic (exact) mass is 266 g/mol. The van der Waals surface area contributed by atoms with Gasteiger partial charge in [0.25, 0.3) is 0 Å². The molecule has 1 aliphatic rings. The second-order valence-electron chi connectivity index (χ2n) is 4.97. The Bertz CT molecular complexity index is 667. The lowest BCUT2D eigenvalue weighted by molar-refractivity contribution is 0.101. The van der Waals surface area contributed by atoms with Crippen molar-refractivity contribution < 1.29 is 14.2 Å². The van der Waals surface area contributed by atoms with Crippen molar-refractivity contribution in [2.45, 2.75) is 20.4 Å². The summed E-state index contributed by atoms with van der Waals surface area (Å²) in [5.74, 6) is 1.32. The number of benzene rings is 2. The van der Waals surface area contributed by atoms with E-state index in [4.69, 9.17) is 9.39 Å². The van der Waals surface area contributed by atoms with Crippen LogP contribution in [0.5, 0.6) is 11.5 Å². The Labute approximate surface area is 118 Å². The van der Waals surface area contributed by atoms with Crippen LogP contribution in [0, 0.1) is 0 Å². The number of ketones is 1. The predicted molar refractivity (Wildman–Crippen MR) is 79.0 cm³/mol. The van der Waals surface area contributed by atoms with Crippen molar-refractivity contribution >= 4 is 18.2 Å². The van der Waals surface area contributed by atoms with E-state index in [9.17, 15) is 4.79 Å². The number of carbonyl (C=O) groups is 1. The minimum absolute atomic E-state index is 0.00119. The van der Waals surface area contributed by atoms with Gasteiger partial charge in [0.2, 0.25) is 0 Å². The van der Waals surface area contributed by atoms with Crippen molar-refractivity contribution in [3.8, 4) is 11.5 Å². The van der Waals surface area contributed by atoms with Crippen molar-refractivity contribution in [3.63, 3.8) is 0 Å². The number of hydrogen-bond acceptors (Lipinski definition) is 3. The van der Waals surface area contributed by atoms with Crippen LogP contribution in [0.1, 0.15) is 22.8 Å². The lowest BCUT2D eigenvalue weighted by atomic mass is 9.64. The molecule has 0 aliphatic carbocycles. The summed E-state index contributed by atoms with van der Waals surface area (Å²) in [5.41, 5.74) is 2.95. The zero-order valence-electron chi connectivity index (χ0n) is 11.6. The fourth-order valence-electron chi connectivity index (χ4n) is 2.45. The lowest BCUT2D eigenvalue weighted by Gasteiger charge is -2.10. The van der Waals surface area contributed by atoms with Gasteiger partial charge in [0, 0.05) is 0 Å². The summed E-state index contributed by atoms with van der Waals surface area (Å²) in [5, 5.41) is 0. The van der Waals surface area contributed by atoms with Crippen LogP contribution >= 0.6 is 0 Å². The molecule has 3 rings (SSSR count). The summed E-state index contributed by atoms with van der Waals surface area (Å²) in [6.45, 7) is 4.34. The lowest BCUT2D eigenvalue weighted by Crippen LogP contribution is -2.23. The first-order chi connectivity index (χ1) is 9.65. The van der Waals surface area contributed by atoms with E-state index in [2.05, 4.69) is 0 Å². The van der Waals surface area contributed by atoms with E-state index in [0.717, 1.165) is 11.3 Å². The maximum Gasteiger partial charge on any atom is 0.324 e. The third-order valence-corrected chi connectivity index (χ3v) is 3.54. The van der Waals surface area contributed by atoms with Crippen molar-refractivity contribution in [3.05, 3.63) is 53.6 Å². The topological polar surface area (TPSA) is 35.5 Å². The van der Waals surface area contributed by atoms with Gasteiger partial charge in [-0.2, -0.15) is 0 Å². The predicted octanol–water partition coefficient (Wildman–Crippen LogP) is 3.04. The average Bonchev–Trinajstić information content (AvgIpc) is 2.80. The number of para-hydroxylation sites is 1. The van der Waals surface area contributed by atoms with Gasteiger partial charge in [-0.05, 0) is 42.2 Å². The average molecular weight is 266 g/mol. The van der Waals surface area contributed by atoms with E-state index >= 15 is 0 Å². The Morgan fingerprint density at radius 3 is 2.85 bits per heavy atom. The Balaban J connectivity index is 1.91. The molecule has 0 radical (unpaired) electrons. The first-order valence-corrected chi connectivity index (χ1v) is 6.67. The van der Waals surface area contributed by atoms with E-state index in [0.29, 0.717) is 17.9 Å². The number of Topliss-reactive ketones (excluding diaryl/α,β-unsaturated/α-hetero) is 1. The van der Waals surface area contributed by atoms with Crippen LogP contribution in [-0.2, 0) is 11.3 Å². The highest BCUT2D eigenvalue weighted by Crippen LogP contribution is 2.27. The molecule has 20 heavy (non-hydrogen) atoms. The third kappa shape index (κ3) is 2.34. The zero-order valence-corrected chi connectivity index (χ0v) is 11.6. The molecule has 0 saturated heterocycles. The van der Waals surface area contributed by atoms with Crippen LogP contribution in [-0.4, -0.2) is 12.7 Å². The SMILES string of the molecule is CB1OCc2cc(Oc3ccccc3C(C)=O)ccc21. The molecule has 0 unspecified atom stereocenters. The standard InChI is InChI=1S/C16H15BO3/c1-11(18)14-5-3-4-6-16(14)20-13-7-8-15-12(9-13)10-19-17(15)2/h3-9H,10H2,1-2H3. The molecule has 2 aromatic rings.